The molecule has 7 heteroatoms. The van der Waals surface area contributed by atoms with Crippen molar-refractivity contribution in [1.82, 2.24) is 0 Å². The van der Waals surface area contributed by atoms with E-state index in [1.807, 2.05) is 0 Å². The third-order valence-corrected chi connectivity index (χ3v) is 2.09. The highest BCUT2D eigenvalue weighted by molar-refractivity contribution is 6.33. The van der Waals surface area contributed by atoms with E-state index >= 15 is 0 Å². The maximum atomic E-state index is 10.6. The maximum absolute atomic E-state index is 10.6. The Morgan fingerprint density at radius 2 is 2.35 bits per heavy atom. The highest BCUT2D eigenvalue weighted by Crippen LogP contribution is 2.26. The minimum atomic E-state index is -1.32. The Bertz CT molecular complexity index is 582. The number of azide groups is 1. The van der Waals surface area contributed by atoms with E-state index in [-0.39, 0.29) is 10.7 Å². The summed E-state index contributed by atoms with van der Waals surface area (Å²) < 4.78 is 0. The zero-order chi connectivity index (χ0) is 12.8. The molecule has 0 aromatic heterocycles. The molecular weight excluding hydrogens is 244 g/mol. The second kappa shape index (κ2) is 5.56. The second-order valence-corrected chi connectivity index (χ2v) is 3.28. The van der Waals surface area contributed by atoms with Crippen LogP contribution in [0, 0.1) is 11.3 Å². The van der Waals surface area contributed by atoms with Gasteiger partial charge in [-0.05, 0) is 23.2 Å². The number of carboxylic acids is 1. The van der Waals surface area contributed by atoms with E-state index in [2.05, 4.69) is 10.0 Å². The number of nitrogens with zero attached hydrogens (tertiary/aromatic N) is 4. The number of aliphatic carboxylic acids is 1. The molecule has 1 aromatic carbocycles. The van der Waals surface area contributed by atoms with Crippen molar-refractivity contribution >= 4 is 29.3 Å². The van der Waals surface area contributed by atoms with Crippen LogP contribution in [0.25, 0.3) is 16.5 Å². The van der Waals surface area contributed by atoms with Crippen LogP contribution in [0.15, 0.2) is 28.9 Å². The van der Waals surface area contributed by atoms with E-state index in [9.17, 15) is 4.79 Å². The molecule has 1 rings (SSSR count). The van der Waals surface area contributed by atoms with E-state index in [0.717, 1.165) is 0 Å². The zero-order valence-electron chi connectivity index (χ0n) is 8.33. The summed E-state index contributed by atoms with van der Waals surface area (Å²) >= 11 is 5.79. The Balaban J connectivity index is 3.19. The van der Waals surface area contributed by atoms with Crippen molar-refractivity contribution in [3.63, 3.8) is 0 Å². The summed E-state index contributed by atoms with van der Waals surface area (Å²) in [7, 11) is 0. The smallest absolute Gasteiger partial charge is 0.346 e. The molecule has 0 saturated heterocycles. The lowest BCUT2D eigenvalue weighted by Crippen LogP contribution is -1.97. The SMILES string of the molecule is N#C/C(=C\c1ccc(N=[N+]=[N-])c(Cl)c1)C(=O)O. The molecule has 0 aliphatic heterocycles. The summed E-state index contributed by atoms with van der Waals surface area (Å²) in [5.41, 5.74) is 8.50. The van der Waals surface area contributed by atoms with Gasteiger partial charge < -0.3 is 5.11 Å². The summed E-state index contributed by atoms with van der Waals surface area (Å²) in [5.74, 6) is -1.32. The van der Waals surface area contributed by atoms with Crippen LogP contribution >= 0.6 is 11.6 Å². The van der Waals surface area contributed by atoms with Crippen LogP contribution in [0.4, 0.5) is 5.69 Å². The summed E-state index contributed by atoms with van der Waals surface area (Å²) in [6.45, 7) is 0. The fraction of sp³-hybridized carbons (Fsp3) is 0. The average Bonchev–Trinajstić information content (AvgIpc) is 2.29. The molecule has 0 atom stereocenters. The molecule has 0 aliphatic rings. The molecule has 84 valence electrons. The fourth-order valence-electron chi connectivity index (χ4n) is 1.05. The van der Waals surface area contributed by atoms with Crippen molar-refractivity contribution in [2.24, 2.45) is 5.11 Å². The Kier molecular flexibility index (Phi) is 4.12. The van der Waals surface area contributed by atoms with Crippen molar-refractivity contribution in [1.29, 1.82) is 5.26 Å². The molecule has 6 nitrogen and oxygen atoms in total. The number of carbonyl (C=O) groups is 1. The van der Waals surface area contributed by atoms with Crippen LogP contribution in [0.5, 0.6) is 0 Å². The van der Waals surface area contributed by atoms with Gasteiger partial charge in [0.05, 0.1) is 10.7 Å². The first-order chi connectivity index (χ1) is 8.08. The third-order valence-electron chi connectivity index (χ3n) is 1.79. The quantitative estimate of drug-likeness (QED) is 0.291. The lowest BCUT2D eigenvalue weighted by Gasteiger charge is -1.99. The molecule has 0 aliphatic carbocycles. The molecule has 1 aromatic rings. The van der Waals surface area contributed by atoms with Crippen LogP contribution in [0.3, 0.4) is 0 Å². The highest BCUT2D eigenvalue weighted by atomic mass is 35.5. The molecule has 0 amide bonds. The molecule has 0 fully saturated rings. The van der Waals surface area contributed by atoms with Gasteiger partial charge in [-0.1, -0.05) is 28.8 Å². The van der Waals surface area contributed by atoms with Crippen LogP contribution in [0.2, 0.25) is 5.02 Å². The molecule has 0 saturated carbocycles. The monoisotopic (exact) mass is 248 g/mol. The van der Waals surface area contributed by atoms with E-state index in [4.69, 9.17) is 27.5 Å². The van der Waals surface area contributed by atoms with Crippen molar-refractivity contribution in [2.75, 3.05) is 0 Å². The van der Waals surface area contributed by atoms with E-state index < -0.39 is 11.5 Å². The lowest BCUT2D eigenvalue weighted by molar-refractivity contribution is -0.132. The van der Waals surface area contributed by atoms with E-state index in [1.54, 1.807) is 6.07 Å². The molecule has 0 radical (unpaired) electrons. The molecule has 1 N–H and O–H groups in total. The maximum Gasteiger partial charge on any atom is 0.346 e. The molecular formula is C10H5ClN4O2. The number of carboxylic acid groups (broad SMARTS) is 1. The normalized spacial score (nSPS) is 10.2. The van der Waals surface area contributed by atoms with Gasteiger partial charge in [0.1, 0.15) is 11.6 Å². The number of benzene rings is 1. The number of rotatable bonds is 3. The number of halogens is 1. The standard InChI is InChI=1S/C10H5ClN4O2/c11-8-4-6(1-2-9(8)14-15-13)3-7(5-12)10(16)17/h1-4H,(H,16,17)/b7-3+. The summed E-state index contributed by atoms with van der Waals surface area (Å²) in [5, 5.41) is 20.7. The number of hydrogen-bond donors (Lipinski definition) is 1. The van der Waals surface area contributed by atoms with Gasteiger partial charge in [0.2, 0.25) is 0 Å². The van der Waals surface area contributed by atoms with Gasteiger partial charge >= 0.3 is 5.97 Å². The minimum absolute atomic E-state index is 0.180. The summed E-state index contributed by atoms with van der Waals surface area (Å²) in [4.78, 5) is 13.2. The van der Waals surface area contributed by atoms with Crippen molar-refractivity contribution in [2.45, 2.75) is 0 Å². The van der Waals surface area contributed by atoms with Gasteiger partial charge in [-0.25, -0.2) is 4.79 Å². The van der Waals surface area contributed by atoms with Gasteiger partial charge in [-0.2, -0.15) is 5.26 Å². The van der Waals surface area contributed by atoms with Gasteiger partial charge in [0.25, 0.3) is 0 Å². The largest absolute Gasteiger partial charge is 0.477 e. The van der Waals surface area contributed by atoms with Crippen molar-refractivity contribution < 1.29 is 9.90 Å². The molecule has 0 heterocycles. The Morgan fingerprint density at radius 3 is 2.82 bits per heavy atom. The molecule has 0 bridgehead atoms. The molecule has 17 heavy (non-hydrogen) atoms. The zero-order valence-corrected chi connectivity index (χ0v) is 9.09. The average molecular weight is 249 g/mol. The summed E-state index contributed by atoms with van der Waals surface area (Å²) in [6.07, 6.45) is 1.17. The van der Waals surface area contributed by atoms with Crippen LogP contribution < -0.4 is 0 Å². The van der Waals surface area contributed by atoms with Gasteiger partial charge in [0, 0.05) is 4.91 Å². The van der Waals surface area contributed by atoms with Crippen molar-refractivity contribution in [3.8, 4) is 6.07 Å². The fourth-order valence-corrected chi connectivity index (χ4v) is 1.28. The Morgan fingerprint density at radius 1 is 1.65 bits per heavy atom. The second-order valence-electron chi connectivity index (χ2n) is 2.88. The predicted molar refractivity (Wildman–Crippen MR) is 61.5 cm³/mol. The first-order valence-corrected chi connectivity index (χ1v) is 4.66. The highest BCUT2D eigenvalue weighted by Gasteiger charge is 2.06. The van der Waals surface area contributed by atoms with E-state index in [1.165, 1.54) is 24.3 Å². The van der Waals surface area contributed by atoms with Gasteiger partial charge in [-0.3, -0.25) is 0 Å². The van der Waals surface area contributed by atoms with Crippen LogP contribution in [0.1, 0.15) is 5.56 Å². The predicted octanol–water partition coefficient (Wildman–Crippen LogP) is 3.27. The van der Waals surface area contributed by atoms with E-state index in [0.29, 0.717) is 5.56 Å². The Hall–Kier alpha value is -2.48. The molecule has 0 unspecified atom stereocenters. The summed E-state index contributed by atoms with van der Waals surface area (Å²) in [6, 6.07) is 5.89. The van der Waals surface area contributed by atoms with Crippen molar-refractivity contribution in [3.05, 3.63) is 44.8 Å². The van der Waals surface area contributed by atoms with Gasteiger partial charge in [-0.15, -0.1) is 0 Å². The Labute approximate surface area is 101 Å². The number of nitriles is 1. The van der Waals surface area contributed by atoms with Crippen LogP contribution in [-0.2, 0) is 4.79 Å². The third kappa shape index (κ3) is 3.24. The lowest BCUT2D eigenvalue weighted by atomic mass is 10.1. The number of hydrogen-bond acceptors (Lipinski definition) is 3. The first kappa shape index (κ1) is 12.6. The minimum Gasteiger partial charge on any atom is -0.477 e. The molecule has 0 spiro atoms. The first-order valence-electron chi connectivity index (χ1n) is 4.28. The topological polar surface area (TPSA) is 110 Å². The van der Waals surface area contributed by atoms with Gasteiger partial charge in [0.15, 0.2) is 0 Å². The van der Waals surface area contributed by atoms with Crippen LogP contribution in [-0.4, -0.2) is 11.1 Å².